The van der Waals surface area contributed by atoms with Crippen LogP contribution in [-0.2, 0) is 18.9 Å². The molecule has 5 atom stereocenters. The Kier molecular flexibility index (Phi) is 7.49. The first-order valence-corrected chi connectivity index (χ1v) is 12.5. The molecule has 0 saturated carbocycles. The molecule has 1 saturated heterocycles. The zero-order valence-corrected chi connectivity index (χ0v) is 22.2. The molecule has 0 amide bonds. The highest BCUT2D eigenvalue weighted by molar-refractivity contribution is 6.08. The number of fused-ring (bicyclic) bond motifs is 4. The molecular weight excluding hydrogens is 612 g/mol. The summed E-state index contributed by atoms with van der Waals surface area (Å²) in [7, 11) is 0. The lowest BCUT2D eigenvalue weighted by molar-refractivity contribution is -0.284. The minimum absolute atomic E-state index is 0.457. The van der Waals surface area contributed by atoms with Crippen molar-refractivity contribution in [2.24, 2.45) is 0 Å². The predicted molar refractivity (Wildman–Crippen MR) is 139 cm³/mol. The topological polar surface area (TPSA) is 311 Å². The number of rotatable bonds is 3. The van der Waals surface area contributed by atoms with Crippen LogP contribution in [0.2, 0.25) is 0 Å². The molecule has 2 aliphatic heterocycles. The summed E-state index contributed by atoms with van der Waals surface area (Å²) in [5.74, 6) is -14.1. The lowest BCUT2D eigenvalue weighted by atomic mass is 9.91. The molecule has 2 heterocycles. The normalized spacial score (nSPS) is 22.7. The van der Waals surface area contributed by atoms with Crippen LogP contribution in [-0.4, -0.2) is 111 Å². The van der Waals surface area contributed by atoms with Crippen molar-refractivity contribution in [3.63, 3.8) is 0 Å². The smallest absolute Gasteiger partial charge is 0.339 e. The minimum atomic E-state index is -2.22. The second kappa shape index (κ2) is 11.0. The number of esters is 3. The highest BCUT2D eigenvalue weighted by Gasteiger charge is 2.51. The third-order valence-electron chi connectivity index (χ3n) is 7.00. The average molecular weight is 634 g/mol. The van der Waals surface area contributed by atoms with E-state index in [0.29, 0.717) is 12.1 Å². The summed E-state index contributed by atoms with van der Waals surface area (Å²) in [5, 5.41) is 112. The lowest BCUT2D eigenvalue weighted by Gasteiger charge is -2.41. The standard InChI is InChI=1S/C27H22O18/c28-9-1-6(2-10(29)16(9)32)24(38)42-5-13-19(35)22-23(27(41)43-13)45-26(40)8-4-12(31)18(34)21(37)15(8)14-7(25(39)44-22)3-11(30)17(33)20(14)36/h1-4,13,19,22-23,27-37,41H,5H2. The summed E-state index contributed by atoms with van der Waals surface area (Å²) >= 11 is 0. The van der Waals surface area contributed by atoms with Crippen LogP contribution in [0.4, 0.5) is 0 Å². The van der Waals surface area contributed by atoms with Gasteiger partial charge < -0.3 is 75.1 Å². The molecule has 11 N–H and O–H groups in total. The Labute approximate surface area is 248 Å². The van der Waals surface area contributed by atoms with Crippen molar-refractivity contribution in [2.45, 2.75) is 30.7 Å². The maximum atomic E-state index is 13.4. The summed E-state index contributed by atoms with van der Waals surface area (Å²) < 4.78 is 20.7. The van der Waals surface area contributed by atoms with E-state index in [4.69, 9.17) is 18.9 Å². The molecular formula is C27H22O18. The second-order valence-electron chi connectivity index (χ2n) is 9.79. The monoisotopic (exact) mass is 634 g/mol. The number of benzene rings is 3. The van der Waals surface area contributed by atoms with Crippen LogP contribution in [0.1, 0.15) is 31.1 Å². The molecule has 1 fully saturated rings. The van der Waals surface area contributed by atoms with Crippen molar-refractivity contribution in [2.75, 3.05) is 6.61 Å². The number of hydrogen-bond acceptors (Lipinski definition) is 18. The fourth-order valence-electron chi connectivity index (χ4n) is 4.76. The van der Waals surface area contributed by atoms with E-state index in [-0.39, 0.29) is 0 Å². The highest BCUT2D eigenvalue weighted by Crippen LogP contribution is 2.53. The van der Waals surface area contributed by atoms with E-state index >= 15 is 0 Å². The Balaban J connectivity index is 1.53. The zero-order valence-electron chi connectivity index (χ0n) is 22.2. The van der Waals surface area contributed by atoms with Crippen LogP contribution in [0.15, 0.2) is 24.3 Å². The highest BCUT2D eigenvalue weighted by atomic mass is 16.7. The van der Waals surface area contributed by atoms with Crippen molar-refractivity contribution < 1.29 is 89.5 Å². The van der Waals surface area contributed by atoms with Gasteiger partial charge in [0.05, 0.1) is 16.7 Å². The van der Waals surface area contributed by atoms with Gasteiger partial charge in [0.1, 0.15) is 18.8 Å². The van der Waals surface area contributed by atoms with Crippen LogP contribution >= 0.6 is 0 Å². The summed E-state index contributed by atoms with van der Waals surface area (Å²) in [6.07, 6.45) is -10.1. The molecule has 238 valence electrons. The van der Waals surface area contributed by atoms with Gasteiger partial charge in [-0.25, -0.2) is 14.4 Å². The SMILES string of the molecule is O=C(OCC1OC(O)C2OC(=O)c3cc(O)c(O)c(O)c3-c3c(cc(O)c(O)c3O)C(=O)OC2C1O)c1cc(O)c(O)c(O)c1. The molecule has 0 spiro atoms. The molecule has 0 radical (unpaired) electrons. The molecule has 0 bridgehead atoms. The molecule has 0 aliphatic carbocycles. The van der Waals surface area contributed by atoms with Crippen molar-refractivity contribution in [3.05, 3.63) is 41.0 Å². The van der Waals surface area contributed by atoms with Crippen LogP contribution in [0.3, 0.4) is 0 Å². The molecule has 18 nitrogen and oxygen atoms in total. The number of aliphatic hydroxyl groups is 2. The summed E-state index contributed by atoms with van der Waals surface area (Å²) in [5.41, 5.74) is -3.93. The van der Waals surface area contributed by atoms with Crippen molar-refractivity contribution in [1.82, 2.24) is 0 Å². The fourth-order valence-corrected chi connectivity index (χ4v) is 4.76. The maximum absolute atomic E-state index is 13.4. The van der Waals surface area contributed by atoms with Gasteiger partial charge in [-0.05, 0) is 24.3 Å². The van der Waals surface area contributed by atoms with E-state index in [1.54, 1.807) is 0 Å². The van der Waals surface area contributed by atoms with E-state index in [2.05, 4.69) is 0 Å². The molecule has 5 rings (SSSR count). The van der Waals surface area contributed by atoms with E-state index in [0.717, 1.165) is 12.1 Å². The third-order valence-corrected chi connectivity index (χ3v) is 7.00. The second-order valence-corrected chi connectivity index (χ2v) is 9.79. The van der Waals surface area contributed by atoms with Crippen molar-refractivity contribution in [1.29, 1.82) is 0 Å². The van der Waals surface area contributed by atoms with Gasteiger partial charge in [-0.1, -0.05) is 0 Å². The lowest BCUT2D eigenvalue weighted by Crippen LogP contribution is -2.61. The first-order valence-electron chi connectivity index (χ1n) is 12.5. The molecule has 5 unspecified atom stereocenters. The number of carbonyl (C=O) groups is 3. The summed E-state index contributed by atoms with van der Waals surface area (Å²) in [6.45, 7) is -0.885. The van der Waals surface area contributed by atoms with E-state index in [1.807, 2.05) is 0 Å². The number of hydrogen-bond donors (Lipinski definition) is 11. The first kappa shape index (κ1) is 30.6. The Bertz CT molecular complexity index is 1730. The number of ether oxygens (including phenoxy) is 4. The number of aromatic hydroxyl groups is 9. The van der Waals surface area contributed by atoms with Crippen LogP contribution in [0.25, 0.3) is 11.1 Å². The molecule has 45 heavy (non-hydrogen) atoms. The number of phenols is 9. The zero-order chi connectivity index (χ0) is 33.1. The van der Waals surface area contributed by atoms with Crippen molar-refractivity contribution >= 4 is 17.9 Å². The molecule has 18 heteroatoms. The van der Waals surface area contributed by atoms with Gasteiger partial charge in [0.2, 0.25) is 11.5 Å². The summed E-state index contributed by atoms with van der Waals surface area (Å²) in [4.78, 5) is 39.2. The van der Waals surface area contributed by atoms with Crippen LogP contribution in [0.5, 0.6) is 51.7 Å². The molecule has 3 aromatic rings. The number of phenolic OH excluding ortho intramolecular Hbond substituents is 9. The van der Waals surface area contributed by atoms with Gasteiger partial charge in [0.25, 0.3) is 0 Å². The first-order chi connectivity index (χ1) is 21.1. The van der Waals surface area contributed by atoms with Gasteiger partial charge in [-0.3, -0.25) is 0 Å². The van der Waals surface area contributed by atoms with E-state index in [9.17, 15) is 70.6 Å². The Morgan fingerprint density at radius 2 is 1.09 bits per heavy atom. The van der Waals surface area contributed by atoms with Crippen LogP contribution in [0, 0.1) is 0 Å². The molecule has 0 aromatic heterocycles. The maximum Gasteiger partial charge on any atom is 0.339 e. The quantitative estimate of drug-likeness (QED) is 0.100. The number of aliphatic hydroxyl groups excluding tert-OH is 2. The number of carbonyl (C=O) groups excluding carboxylic acids is 3. The van der Waals surface area contributed by atoms with Gasteiger partial charge in [0.15, 0.2) is 58.7 Å². The van der Waals surface area contributed by atoms with Crippen LogP contribution < -0.4 is 0 Å². The Morgan fingerprint density at radius 1 is 0.644 bits per heavy atom. The van der Waals surface area contributed by atoms with Crippen molar-refractivity contribution in [3.8, 4) is 62.9 Å². The Hall–Kier alpha value is -5.85. The largest absolute Gasteiger partial charge is 0.504 e. The minimum Gasteiger partial charge on any atom is -0.504 e. The van der Waals surface area contributed by atoms with Gasteiger partial charge in [-0.15, -0.1) is 0 Å². The average Bonchev–Trinajstić information content (AvgIpc) is 2.99. The van der Waals surface area contributed by atoms with Gasteiger partial charge in [-0.2, -0.15) is 0 Å². The summed E-state index contributed by atoms with van der Waals surface area (Å²) in [6, 6.07) is 2.59. The van der Waals surface area contributed by atoms with Gasteiger partial charge >= 0.3 is 17.9 Å². The van der Waals surface area contributed by atoms with E-state index < -0.39 is 135 Å². The third kappa shape index (κ3) is 5.07. The Morgan fingerprint density at radius 3 is 1.58 bits per heavy atom. The molecule has 3 aromatic carbocycles. The van der Waals surface area contributed by atoms with E-state index in [1.165, 1.54) is 0 Å². The van der Waals surface area contributed by atoms with Gasteiger partial charge in [0, 0.05) is 11.1 Å². The predicted octanol–water partition coefficient (Wildman–Crippen LogP) is -0.297. The fraction of sp³-hybridized carbons (Fsp3) is 0.222. The molecule has 2 aliphatic rings.